The normalized spacial score (nSPS) is 14.2. The average molecular weight is 254 g/mol. The highest BCUT2D eigenvalue weighted by Gasteiger charge is 2.28. The molecule has 2 N–H and O–H groups in total. The quantitative estimate of drug-likeness (QED) is 0.803. The Labute approximate surface area is 110 Å². The maximum atomic E-state index is 6.22. The summed E-state index contributed by atoms with van der Waals surface area (Å²) in [5.74, 6) is 1.48. The van der Waals surface area contributed by atoms with Crippen molar-refractivity contribution in [2.75, 3.05) is 6.61 Å². The molecule has 0 fully saturated rings. The number of hydrogen-bond acceptors (Lipinski definition) is 4. The minimum atomic E-state index is -0.344. The number of aromatic nitrogens is 3. The van der Waals surface area contributed by atoms with Gasteiger partial charge in [0, 0.05) is 25.6 Å². The Morgan fingerprint density at radius 3 is 2.67 bits per heavy atom. The average Bonchev–Trinajstić information content (AvgIpc) is 2.64. The summed E-state index contributed by atoms with van der Waals surface area (Å²) in [5, 5.41) is 4.25. The van der Waals surface area contributed by atoms with Gasteiger partial charge < -0.3 is 10.5 Å². The first-order valence-electron chi connectivity index (χ1n) is 6.63. The molecule has 1 heterocycles. The third-order valence-corrected chi connectivity index (χ3v) is 3.05. The summed E-state index contributed by atoms with van der Waals surface area (Å²) in [6.45, 7) is 11.9. The zero-order valence-electron chi connectivity index (χ0n) is 12.2. The Morgan fingerprint density at radius 2 is 2.11 bits per heavy atom. The van der Waals surface area contributed by atoms with Crippen molar-refractivity contribution < 1.29 is 4.74 Å². The van der Waals surface area contributed by atoms with Crippen molar-refractivity contribution in [3.63, 3.8) is 0 Å². The topological polar surface area (TPSA) is 66.0 Å². The van der Waals surface area contributed by atoms with E-state index in [-0.39, 0.29) is 11.6 Å². The monoisotopic (exact) mass is 254 g/mol. The second kappa shape index (κ2) is 6.29. The number of nitrogens with zero attached hydrogens (tertiary/aromatic N) is 3. The van der Waals surface area contributed by atoms with Crippen LogP contribution in [0.5, 0.6) is 0 Å². The summed E-state index contributed by atoms with van der Waals surface area (Å²) in [5.41, 5.74) is 5.88. The Hall–Kier alpha value is -0.940. The van der Waals surface area contributed by atoms with Crippen LogP contribution in [0.15, 0.2) is 6.33 Å². The highest BCUT2D eigenvalue weighted by atomic mass is 16.5. The molecule has 5 heteroatoms. The summed E-state index contributed by atoms with van der Waals surface area (Å²) < 4.78 is 7.62. The van der Waals surface area contributed by atoms with Crippen molar-refractivity contribution in [3.05, 3.63) is 12.2 Å². The van der Waals surface area contributed by atoms with E-state index >= 15 is 0 Å². The molecule has 1 atom stereocenters. The molecule has 0 saturated carbocycles. The Kier molecular flexibility index (Phi) is 5.28. The van der Waals surface area contributed by atoms with Gasteiger partial charge >= 0.3 is 0 Å². The molecule has 104 valence electrons. The lowest BCUT2D eigenvalue weighted by molar-refractivity contribution is -0.0294. The van der Waals surface area contributed by atoms with Crippen molar-refractivity contribution in [1.82, 2.24) is 14.8 Å². The zero-order valence-corrected chi connectivity index (χ0v) is 12.2. The Bertz CT molecular complexity index is 360. The van der Waals surface area contributed by atoms with Gasteiger partial charge in [-0.25, -0.2) is 9.67 Å². The van der Waals surface area contributed by atoms with E-state index in [0.717, 1.165) is 12.4 Å². The molecule has 1 aromatic rings. The van der Waals surface area contributed by atoms with Crippen LogP contribution >= 0.6 is 0 Å². The van der Waals surface area contributed by atoms with Crippen LogP contribution in [0.2, 0.25) is 0 Å². The van der Waals surface area contributed by atoms with Crippen LogP contribution in [-0.4, -0.2) is 33.0 Å². The van der Waals surface area contributed by atoms with Crippen LogP contribution in [-0.2, 0) is 17.7 Å². The molecule has 0 amide bonds. The van der Waals surface area contributed by atoms with Crippen molar-refractivity contribution in [2.24, 2.45) is 11.7 Å². The first kappa shape index (κ1) is 15.1. The van der Waals surface area contributed by atoms with Crippen LogP contribution < -0.4 is 5.73 Å². The summed E-state index contributed by atoms with van der Waals surface area (Å²) in [6, 6.07) is -0.0902. The lowest BCUT2D eigenvalue weighted by atomic mass is 9.96. The lowest BCUT2D eigenvalue weighted by Gasteiger charge is -2.31. The van der Waals surface area contributed by atoms with E-state index in [1.807, 2.05) is 25.5 Å². The van der Waals surface area contributed by atoms with Crippen LogP contribution in [0.25, 0.3) is 0 Å². The first-order valence-corrected chi connectivity index (χ1v) is 6.63. The molecule has 0 aromatic carbocycles. The minimum absolute atomic E-state index is 0.0902. The molecule has 18 heavy (non-hydrogen) atoms. The molecular formula is C13H26N4O. The zero-order chi connectivity index (χ0) is 13.8. The molecule has 0 aliphatic carbocycles. The van der Waals surface area contributed by atoms with Gasteiger partial charge in [-0.15, -0.1) is 0 Å². The molecule has 0 spiro atoms. The van der Waals surface area contributed by atoms with Gasteiger partial charge in [-0.3, -0.25) is 0 Å². The molecule has 1 aromatic heterocycles. The minimum Gasteiger partial charge on any atom is -0.374 e. The number of ether oxygens (including phenoxy) is 1. The van der Waals surface area contributed by atoms with Crippen molar-refractivity contribution in [3.8, 4) is 0 Å². The fourth-order valence-electron chi connectivity index (χ4n) is 1.87. The Morgan fingerprint density at radius 1 is 1.44 bits per heavy atom. The van der Waals surface area contributed by atoms with Gasteiger partial charge in [-0.1, -0.05) is 13.8 Å². The number of hydrogen-bond donors (Lipinski definition) is 1. The molecule has 0 aliphatic rings. The predicted octanol–water partition coefficient (Wildman–Crippen LogP) is 1.62. The lowest BCUT2D eigenvalue weighted by Crippen LogP contribution is -2.47. The summed E-state index contributed by atoms with van der Waals surface area (Å²) >= 11 is 0. The van der Waals surface area contributed by atoms with Crippen molar-refractivity contribution in [2.45, 2.75) is 59.2 Å². The predicted molar refractivity (Wildman–Crippen MR) is 72.2 cm³/mol. The number of rotatable bonds is 7. The SMILES string of the molecule is CCOC(C)(C)C(N)Cc1ncnn1CC(C)C. The maximum absolute atomic E-state index is 6.22. The first-order chi connectivity index (χ1) is 8.36. The smallest absolute Gasteiger partial charge is 0.138 e. The van der Waals surface area contributed by atoms with Crippen molar-refractivity contribution in [1.29, 1.82) is 0 Å². The van der Waals surface area contributed by atoms with E-state index in [0.29, 0.717) is 18.9 Å². The van der Waals surface area contributed by atoms with Gasteiger partial charge in [0.1, 0.15) is 12.2 Å². The van der Waals surface area contributed by atoms with Gasteiger partial charge in [-0.2, -0.15) is 5.10 Å². The summed E-state index contributed by atoms with van der Waals surface area (Å²) in [6.07, 6.45) is 2.28. The third-order valence-electron chi connectivity index (χ3n) is 3.05. The maximum Gasteiger partial charge on any atom is 0.138 e. The molecule has 1 unspecified atom stereocenters. The van der Waals surface area contributed by atoms with Gasteiger partial charge in [0.25, 0.3) is 0 Å². The molecular weight excluding hydrogens is 228 g/mol. The summed E-state index contributed by atoms with van der Waals surface area (Å²) in [7, 11) is 0. The van der Waals surface area contributed by atoms with Crippen LogP contribution in [0.3, 0.4) is 0 Å². The molecule has 0 saturated heterocycles. The molecule has 0 bridgehead atoms. The van der Waals surface area contributed by atoms with E-state index in [4.69, 9.17) is 10.5 Å². The largest absolute Gasteiger partial charge is 0.374 e. The Balaban J connectivity index is 2.69. The highest BCUT2D eigenvalue weighted by Crippen LogP contribution is 2.16. The van der Waals surface area contributed by atoms with Gasteiger partial charge in [0.2, 0.25) is 0 Å². The van der Waals surface area contributed by atoms with Crippen LogP contribution in [0, 0.1) is 5.92 Å². The van der Waals surface area contributed by atoms with Crippen LogP contribution in [0.4, 0.5) is 0 Å². The third kappa shape index (κ3) is 4.07. The van der Waals surface area contributed by atoms with E-state index in [2.05, 4.69) is 23.9 Å². The molecule has 1 rings (SSSR count). The van der Waals surface area contributed by atoms with E-state index < -0.39 is 0 Å². The second-order valence-corrected chi connectivity index (χ2v) is 5.60. The van der Waals surface area contributed by atoms with E-state index in [1.165, 1.54) is 0 Å². The fourth-order valence-corrected chi connectivity index (χ4v) is 1.87. The highest BCUT2D eigenvalue weighted by molar-refractivity contribution is 4.95. The molecule has 5 nitrogen and oxygen atoms in total. The van der Waals surface area contributed by atoms with Gasteiger partial charge in [0.15, 0.2) is 0 Å². The fraction of sp³-hybridized carbons (Fsp3) is 0.846. The molecule has 0 radical (unpaired) electrons. The van der Waals surface area contributed by atoms with E-state index in [1.54, 1.807) is 6.33 Å². The van der Waals surface area contributed by atoms with Gasteiger partial charge in [0.05, 0.1) is 5.60 Å². The second-order valence-electron chi connectivity index (χ2n) is 5.60. The molecule has 0 aliphatic heterocycles. The number of nitrogens with two attached hydrogens (primary N) is 1. The summed E-state index contributed by atoms with van der Waals surface area (Å²) in [4.78, 5) is 4.30. The standard InChI is InChI=1S/C13H26N4O/c1-6-18-13(4,5)11(14)7-12-15-9-16-17(12)8-10(2)3/h9-11H,6-8,14H2,1-5H3. The van der Waals surface area contributed by atoms with Crippen molar-refractivity contribution >= 4 is 0 Å². The van der Waals surface area contributed by atoms with E-state index in [9.17, 15) is 0 Å². The van der Waals surface area contributed by atoms with Crippen LogP contribution in [0.1, 0.15) is 40.4 Å². The van der Waals surface area contributed by atoms with Gasteiger partial charge in [-0.05, 0) is 26.7 Å².